The molecule has 0 radical (unpaired) electrons. The van der Waals surface area contributed by atoms with Gasteiger partial charge in [-0.05, 0) is 62.6 Å². The molecule has 0 aromatic heterocycles. The highest BCUT2D eigenvalue weighted by molar-refractivity contribution is 5.47. The van der Waals surface area contributed by atoms with Crippen molar-refractivity contribution in [1.82, 2.24) is 5.32 Å². The van der Waals surface area contributed by atoms with Crippen molar-refractivity contribution >= 4 is 6.08 Å². The molecule has 1 nitrogen and oxygen atoms in total. The van der Waals surface area contributed by atoms with Crippen LogP contribution in [0.4, 0.5) is 0 Å². The van der Waals surface area contributed by atoms with Crippen LogP contribution in [0.5, 0.6) is 0 Å². The van der Waals surface area contributed by atoms with Gasteiger partial charge in [0.15, 0.2) is 0 Å². The fourth-order valence-electron chi connectivity index (χ4n) is 2.80. The van der Waals surface area contributed by atoms with E-state index in [1.807, 2.05) is 6.08 Å². The van der Waals surface area contributed by atoms with Gasteiger partial charge >= 0.3 is 0 Å². The summed E-state index contributed by atoms with van der Waals surface area (Å²) in [4.78, 5) is 0. The summed E-state index contributed by atoms with van der Waals surface area (Å²) in [5.41, 5.74) is 2.70. The Hall–Kier alpha value is -1.08. The van der Waals surface area contributed by atoms with Crippen LogP contribution in [0.3, 0.4) is 0 Å². The molecule has 2 unspecified atom stereocenters. The van der Waals surface area contributed by atoms with E-state index in [0.717, 1.165) is 5.92 Å². The Kier molecular flexibility index (Phi) is 5.00. The van der Waals surface area contributed by atoms with E-state index >= 15 is 0 Å². The molecule has 1 aliphatic rings. The van der Waals surface area contributed by atoms with Crippen molar-refractivity contribution in [2.75, 3.05) is 6.54 Å². The third kappa shape index (κ3) is 3.99. The fourth-order valence-corrected chi connectivity index (χ4v) is 2.80. The maximum absolute atomic E-state index is 3.83. The van der Waals surface area contributed by atoms with E-state index in [4.69, 9.17) is 0 Å². The van der Waals surface area contributed by atoms with Crippen molar-refractivity contribution in [3.8, 4) is 0 Å². The molecule has 1 aromatic rings. The molecule has 2 rings (SSSR count). The van der Waals surface area contributed by atoms with Gasteiger partial charge in [0.25, 0.3) is 0 Å². The SMILES string of the molecule is C=Cc1cccc(CCC2CCNC(C)CC2)c1. The molecular formula is C17H25N. The zero-order valence-electron chi connectivity index (χ0n) is 11.5. The minimum absolute atomic E-state index is 0.707. The average Bonchev–Trinajstić information content (AvgIpc) is 2.61. The van der Waals surface area contributed by atoms with Crippen molar-refractivity contribution in [1.29, 1.82) is 0 Å². The number of benzene rings is 1. The summed E-state index contributed by atoms with van der Waals surface area (Å²) in [5.74, 6) is 0.898. The Morgan fingerprint density at radius 1 is 1.33 bits per heavy atom. The second-order valence-corrected chi connectivity index (χ2v) is 5.58. The summed E-state index contributed by atoms with van der Waals surface area (Å²) in [6.07, 6.45) is 8.52. The lowest BCUT2D eigenvalue weighted by atomic mass is 9.92. The van der Waals surface area contributed by atoms with Crippen LogP contribution in [-0.2, 0) is 6.42 Å². The second kappa shape index (κ2) is 6.75. The molecule has 98 valence electrons. The molecule has 2 atom stereocenters. The largest absolute Gasteiger partial charge is 0.314 e. The standard InChI is InChI=1S/C17H25N/c1-3-15-5-4-6-17(13-15)10-9-16-8-7-14(2)18-12-11-16/h3-6,13-14,16,18H,1,7-12H2,2H3. The summed E-state index contributed by atoms with van der Waals surface area (Å²) in [6, 6.07) is 9.48. The number of aryl methyl sites for hydroxylation is 1. The molecule has 1 fully saturated rings. The third-order valence-corrected chi connectivity index (χ3v) is 4.08. The fraction of sp³-hybridized carbons (Fsp3) is 0.529. The Labute approximate surface area is 111 Å². The molecule has 18 heavy (non-hydrogen) atoms. The van der Waals surface area contributed by atoms with E-state index in [1.165, 1.54) is 49.8 Å². The van der Waals surface area contributed by atoms with Gasteiger partial charge in [0, 0.05) is 6.04 Å². The van der Waals surface area contributed by atoms with Crippen molar-refractivity contribution in [3.05, 3.63) is 42.0 Å². The molecule has 1 heterocycles. The zero-order chi connectivity index (χ0) is 12.8. The molecule has 0 amide bonds. The van der Waals surface area contributed by atoms with Crippen LogP contribution in [0.15, 0.2) is 30.8 Å². The van der Waals surface area contributed by atoms with Gasteiger partial charge in [-0.1, -0.05) is 36.9 Å². The first-order valence-electron chi connectivity index (χ1n) is 7.22. The van der Waals surface area contributed by atoms with Crippen LogP contribution in [-0.4, -0.2) is 12.6 Å². The maximum Gasteiger partial charge on any atom is 0.00388 e. The van der Waals surface area contributed by atoms with Gasteiger partial charge in [0.2, 0.25) is 0 Å². The zero-order valence-corrected chi connectivity index (χ0v) is 11.5. The number of hydrogen-bond donors (Lipinski definition) is 1. The summed E-state index contributed by atoms with van der Waals surface area (Å²) in [5, 5.41) is 3.58. The third-order valence-electron chi connectivity index (χ3n) is 4.08. The molecule has 1 saturated heterocycles. The molecule has 0 bridgehead atoms. The topological polar surface area (TPSA) is 12.0 Å². The lowest BCUT2D eigenvalue weighted by Gasteiger charge is -2.13. The van der Waals surface area contributed by atoms with Crippen LogP contribution in [0.25, 0.3) is 6.08 Å². The molecule has 0 aliphatic carbocycles. The lowest BCUT2D eigenvalue weighted by molar-refractivity contribution is 0.434. The van der Waals surface area contributed by atoms with Gasteiger partial charge in [-0.2, -0.15) is 0 Å². The van der Waals surface area contributed by atoms with Gasteiger partial charge in [0.1, 0.15) is 0 Å². The van der Waals surface area contributed by atoms with E-state index in [-0.39, 0.29) is 0 Å². The summed E-state index contributed by atoms with van der Waals surface area (Å²) < 4.78 is 0. The van der Waals surface area contributed by atoms with Gasteiger partial charge in [-0.15, -0.1) is 0 Å². The van der Waals surface area contributed by atoms with Crippen LogP contribution < -0.4 is 5.32 Å². The van der Waals surface area contributed by atoms with Crippen molar-refractivity contribution in [2.24, 2.45) is 5.92 Å². The quantitative estimate of drug-likeness (QED) is 0.841. The Morgan fingerprint density at radius 3 is 3.06 bits per heavy atom. The smallest absolute Gasteiger partial charge is 0.00388 e. The van der Waals surface area contributed by atoms with Crippen molar-refractivity contribution < 1.29 is 0 Å². The summed E-state index contributed by atoms with van der Waals surface area (Å²) in [6.45, 7) is 7.33. The van der Waals surface area contributed by atoms with E-state index in [9.17, 15) is 0 Å². The Balaban J connectivity index is 1.84. The minimum Gasteiger partial charge on any atom is -0.314 e. The maximum atomic E-state index is 3.83. The van der Waals surface area contributed by atoms with E-state index < -0.39 is 0 Å². The number of rotatable bonds is 4. The summed E-state index contributed by atoms with van der Waals surface area (Å²) >= 11 is 0. The highest BCUT2D eigenvalue weighted by Crippen LogP contribution is 2.22. The van der Waals surface area contributed by atoms with E-state index in [0.29, 0.717) is 6.04 Å². The molecular weight excluding hydrogens is 218 g/mol. The predicted octanol–water partition coefficient (Wildman–Crippen LogP) is 4.04. The molecule has 1 aliphatic heterocycles. The van der Waals surface area contributed by atoms with E-state index in [1.54, 1.807) is 0 Å². The molecule has 1 heteroatoms. The molecule has 1 aromatic carbocycles. The normalized spacial score (nSPS) is 24.5. The second-order valence-electron chi connectivity index (χ2n) is 5.58. The summed E-state index contributed by atoms with van der Waals surface area (Å²) in [7, 11) is 0. The van der Waals surface area contributed by atoms with E-state index in [2.05, 4.69) is 43.1 Å². The van der Waals surface area contributed by atoms with Crippen molar-refractivity contribution in [3.63, 3.8) is 0 Å². The first-order chi connectivity index (χ1) is 8.78. The van der Waals surface area contributed by atoms with Crippen LogP contribution in [0.2, 0.25) is 0 Å². The number of nitrogens with one attached hydrogen (secondary N) is 1. The minimum atomic E-state index is 0.707. The van der Waals surface area contributed by atoms with Gasteiger partial charge in [-0.3, -0.25) is 0 Å². The molecule has 0 saturated carbocycles. The first kappa shape index (κ1) is 13.4. The van der Waals surface area contributed by atoms with Crippen molar-refractivity contribution in [2.45, 2.75) is 45.1 Å². The lowest BCUT2D eigenvalue weighted by Crippen LogP contribution is -2.24. The highest BCUT2D eigenvalue weighted by atomic mass is 14.9. The first-order valence-corrected chi connectivity index (χ1v) is 7.22. The average molecular weight is 243 g/mol. The van der Waals surface area contributed by atoms with Crippen LogP contribution in [0, 0.1) is 5.92 Å². The Morgan fingerprint density at radius 2 is 2.22 bits per heavy atom. The van der Waals surface area contributed by atoms with Gasteiger partial charge < -0.3 is 5.32 Å². The van der Waals surface area contributed by atoms with Gasteiger partial charge in [0.05, 0.1) is 0 Å². The highest BCUT2D eigenvalue weighted by Gasteiger charge is 2.15. The van der Waals surface area contributed by atoms with Crippen LogP contribution >= 0.6 is 0 Å². The molecule has 0 spiro atoms. The predicted molar refractivity (Wildman–Crippen MR) is 79.7 cm³/mol. The monoisotopic (exact) mass is 243 g/mol. The molecule has 1 N–H and O–H groups in total. The Bertz CT molecular complexity index is 383. The number of hydrogen-bond acceptors (Lipinski definition) is 1. The van der Waals surface area contributed by atoms with Gasteiger partial charge in [-0.25, -0.2) is 0 Å². The van der Waals surface area contributed by atoms with Crippen LogP contribution in [0.1, 0.15) is 43.7 Å².